The largest absolute Gasteiger partial charge is 0.326 e. The molecule has 0 aromatic carbocycles. The van der Waals surface area contributed by atoms with Gasteiger partial charge >= 0.3 is 0 Å². The van der Waals surface area contributed by atoms with E-state index in [9.17, 15) is 0 Å². The number of nitrogens with zero attached hydrogens (tertiary/aromatic N) is 1. The molecule has 0 heterocycles. The first-order valence-corrected chi connectivity index (χ1v) is 7.61. The van der Waals surface area contributed by atoms with Gasteiger partial charge < -0.3 is 5.73 Å². The zero-order valence-corrected chi connectivity index (χ0v) is 12.3. The Morgan fingerprint density at radius 3 is 2.59 bits per heavy atom. The summed E-state index contributed by atoms with van der Waals surface area (Å²) >= 11 is 0. The molecule has 4 unspecified atom stereocenters. The highest BCUT2D eigenvalue weighted by atomic mass is 15.2. The summed E-state index contributed by atoms with van der Waals surface area (Å²) in [5.41, 5.74) is 6.36. The Hall–Kier alpha value is -0.0800. The van der Waals surface area contributed by atoms with Crippen LogP contribution in [0.5, 0.6) is 0 Å². The Labute approximate surface area is 108 Å². The van der Waals surface area contributed by atoms with E-state index in [2.05, 4.69) is 32.6 Å². The predicted octanol–water partition coefficient (Wildman–Crippen LogP) is 3.40. The maximum absolute atomic E-state index is 6.36. The fourth-order valence-corrected chi connectivity index (χ4v) is 3.04. The summed E-state index contributed by atoms with van der Waals surface area (Å²) in [6, 6.07) is 1.71. The number of unbranched alkanes of at least 4 members (excludes halogenated alkanes) is 1. The van der Waals surface area contributed by atoms with Crippen molar-refractivity contribution < 1.29 is 0 Å². The second kappa shape index (κ2) is 7.38. The Bertz CT molecular complexity index is 205. The third kappa shape index (κ3) is 4.26. The van der Waals surface area contributed by atoms with Gasteiger partial charge in [0.25, 0.3) is 0 Å². The Kier molecular flexibility index (Phi) is 6.50. The first-order chi connectivity index (χ1) is 8.10. The molecule has 1 aliphatic rings. The molecular formula is C15H32N2. The molecule has 102 valence electrons. The van der Waals surface area contributed by atoms with Crippen LogP contribution in [0.15, 0.2) is 0 Å². The lowest BCUT2D eigenvalue weighted by molar-refractivity contribution is 0.0774. The zero-order valence-electron chi connectivity index (χ0n) is 12.3. The fraction of sp³-hybridized carbons (Fsp3) is 1.00. The molecule has 0 saturated heterocycles. The molecule has 17 heavy (non-hydrogen) atoms. The summed E-state index contributed by atoms with van der Waals surface area (Å²) in [4.78, 5) is 2.70. The van der Waals surface area contributed by atoms with E-state index < -0.39 is 0 Å². The van der Waals surface area contributed by atoms with Gasteiger partial charge in [-0.05, 0) is 51.5 Å². The quantitative estimate of drug-likeness (QED) is 0.771. The standard InChI is InChI=1S/C15H32N2/c1-5-7-10-17(13(4)6-2)15-11-12(3)8-9-14(15)16/h12-15H,5-11,16H2,1-4H3. The Balaban J connectivity index is 2.65. The summed E-state index contributed by atoms with van der Waals surface area (Å²) in [6.07, 6.45) is 7.66. The van der Waals surface area contributed by atoms with E-state index in [0.717, 1.165) is 5.92 Å². The van der Waals surface area contributed by atoms with Crippen LogP contribution in [0.3, 0.4) is 0 Å². The maximum Gasteiger partial charge on any atom is 0.0252 e. The third-order valence-electron chi connectivity index (χ3n) is 4.48. The molecule has 2 nitrogen and oxygen atoms in total. The molecule has 0 spiro atoms. The van der Waals surface area contributed by atoms with E-state index in [-0.39, 0.29) is 0 Å². The molecular weight excluding hydrogens is 208 g/mol. The Morgan fingerprint density at radius 2 is 2.00 bits per heavy atom. The summed E-state index contributed by atoms with van der Waals surface area (Å²) < 4.78 is 0. The van der Waals surface area contributed by atoms with Crippen molar-refractivity contribution in [3.05, 3.63) is 0 Å². The van der Waals surface area contributed by atoms with E-state index in [1.54, 1.807) is 0 Å². The lowest BCUT2D eigenvalue weighted by atomic mass is 9.82. The van der Waals surface area contributed by atoms with Gasteiger partial charge in [0.05, 0.1) is 0 Å². The number of hydrogen-bond donors (Lipinski definition) is 1. The van der Waals surface area contributed by atoms with Crippen LogP contribution in [0.1, 0.15) is 66.2 Å². The van der Waals surface area contributed by atoms with E-state index >= 15 is 0 Å². The molecule has 0 aromatic heterocycles. The lowest BCUT2D eigenvalue weighted by Gasteiger charge is -2.43. The average molecular weight is 240 g/mol. The van der Waals surface area contributed by atoms with Gasteiger partial charge in [-0.1, -0.05) is 27.2 Å². The van der Waals surface area contributed by atoms with Crippen LogP contribution < -0.4 is 5.73 Å². The molecule has 4 atom stereocenters. The van der Waals surface area contributed by atoms with Gasteiger partial charge in [0.15, 0.2) is 0 Å². The minimum absolute atomic E-state index is 0.400. The summed E-state index contributed by atoms with van der Waals surface area (Å²) in [7, 11) is 0. The molecule has 0 bridgehead atoms. The van der Waals surface area contributed by atoms with E-state index in [1.807, 2.05) is 0 Å². The summed E-state index contributed by atoms with van der Waals surface area (Å²) in [5.74, 6) is 0.855. The fourth-order valence-electron chi connectivity index (χ4n) is 3.04. The van der Waals surface area contributed by atoms with Gasteiger partial charge in [0.2, 0.25) is 0 Å². The monoisotopic (exact) mass is 240 g/mol. The number of hydrogen-bond acceptors (Lipinski definition) is 2. The average Bonchev–Trinajstić information content (AvgIpc) is 2.33. The molecule has 2 N–H and O–H groups in total. The number of rotatable bonds is 6. The van der Waals surface area contributed by atoms with Crippen molar-refractivity contribution >= 4 is 0 Å². The van der Waals surface area contributed by atoms with Crippen LogP contribution in [-0.4, -0.2) is 29.6 Å². The molecule has 0 amide bonds. The lowest BCUT2D eigenvalue weighted by Crippen LogP contribution is -2.54. The molecule has 1 aliphatic carbocycles. The highest BCUT2D eigenvalue weighted by Crippen LogP contribution is 2.28. The summed E-state index contributed by atoms with van der Waals surface area (Å²) in [5, 5.41) is 0. The van der Waals surface area contributed by atoms with Gasteiger partial charge in [-0.2, -0.15) is 0 Å². The smallest absolute Gasteiger partial charge is 0.0252 e. The maximum atomic E-state index is 6.36. The zero-order chi connectivity index (χ0) is 12.8. The summed E-state index contributed by atoms with van der Waals surface area (Å²) in [6.45, 7) is 10.5. The van der Waals surface area contributed by atoms with Gasteiger partial charge in [-0.15, -0.1) is 0 Å². The minimum Gasteiger partial charge on any atom is -0.326 e. The normalized spacial score (nSPS) is 31.8. The van der Waals surface area contributed by atoms with E-state index in [1.165, 1.54) is 45.1 Å². The van der Waals surface area contributed by atoms with Crippen molar-refractivity contribution in [2.45, 2.75) is 84.3 Å². The van der Waals surface area contributed by atoms with Gasteiger partial charge in [-0.3, -0.25) is 4.90 Å². The van der Waals surface area contributed by atoms with Crippen LogP contribution in [0.2, 0.25) is 0 Å². The SMILES string of the molecule is CCCCN(C(C)CC)C1CC(C)CCC1N. The van der Waals surface area contributed by atoms with Crippen molar-refractivity contribution in [1.82, 2.24) is 4.90 Å². The molecule has 1 saturated carbocycles. The van der Waals surface area contributed by atoms with Crippen LogP contribution in [0, 0.1) is 5.92 Å². The predicted molar refractivity (Wildman–Crippen MR) is 76.1 cm³/mol. The van der Waals surface area contributed by atoms with Crippen molar-refractivity contribution in [3.63, 3.8) is 0 Å². The van der Waals surface area contributed by atoms with Crippen LogP contribution in [0.4, 0.5) is 0 Å². The van der Waals surface area contributed by atoms with Gasteiger partial charge in [-0.25, -0.2) is 0 Å². The van der Waals surface area contributed by atoms with E-state index in [4.69, 9.17) is 5.73 Å². The highest BCUT2D eigenvalue weighted by molar-refractivity contribution is 4.90. The van der Waals surface area contributed by atoms with E-state index in [0.29, 0.717) is 18.1 Å². The minimum atomic E-state index is 0.400. The molecule has 0 aromatic rings. The van der Waals surface area contributed by atoms with Crippen molar-refractivity contribution in [3.8, 4) is 0 Å². The van der Waals surface area contributed by atoms with Crippen molar-refractivity contribution in [2.75, 3.05) is 6.54 Å². The topological polar surface area (TPSA) is 29.3 Å². The molecule has 1 rings (SSSR count). The Morgan fingerprint density at radius 1 is 1.29 bits per heavy atom. The molecule has 2 heteroatoms. The van der Waals surface area contributed by atoms with Crippen LogP contribution in [-0.2, 0) is 0 Å². The molecule has 0 aliphatic heterocycles. The third-order valence-corrected chi connectivity index (χ3v) is 4.48. The van der Waals surface area contributed by atoms with Gasteiger partial charge in [0.1, 0.15) is 0 Å². The van der Waals surface area contributed by atoms with Crippen LogP contribution in [0.25, 0.3) is 0 Å². The first-order valence-electron chi connectivity index (χ1n) is 7.61. The van der Waals surface area contributed by atoms with Crippen molar-refractivity contribution in [2.24, 2.45) is 11.7 Å². The van der Waals surface area contributed by atoms with Gasteiger partial charge in [0, 0.05) is 18.1 Å². The molecule has 1 fully saturated rings. The molecule has 0 radical (unpaired) electrons. The van der Waals surface area contributed by atoms with Crippen molar-refractivity contribution in [1.29, 1.82) is 0 Å². The second-order valence-corrected chi connectivity index (χ2v) is 6.00. The van der Waals surface area contributed by atoms with Crippen LogP contribution >= 0.6 is 0 Å². The highest BCUT2D eigenvalue weighted by Gasteiger charge is 2.32. The second-order valence-electron chi connectivity index (χ2n) is 6.00. The number of nitrogens with two attached hydrogens (primary N) is 1. The first kappa shape index (κ1) is 15.0.